The number of nitrogens with zero attached hydrogens (tertiary/aromatic N) is 1. The maximum absolute atomic E-state index is 6.09. The van der Waals surface area contributed by atoms with Gasteiger partial charge in [0.05, 0.1) is 18.3 Å². The molecule has 0 bridgehead atoms. The van der Waals surface area contributed by atoms with Crippen molar-refractivity contribution in [3.05, 3.63) is 57.6 Å². The van der Waals surface area contributed by atoms with Gasteiger partial charge in [-0.25, -0.2) is 0 Å². The average Bonchev–Trinajstić information content (AvgIpc) is 2.49. The van der Waals surface area contributed by atoms with E-state index in [4.69, 9.17) is 38.5 Å². The van der Waals surface area contributed by atoms with Crippen LogP contribution in [0, 0.1) is 0 Å². The number of halogens is 2. The highest BCUT2D eigenvalue weighted by molar-refractivity contribution is 6.42. The summed E-state index contributed by atoms with van der Waals surface area (Å²) in [5, 5.41) is 4.34. The van der Waals surface area contributed by atoms with Gasteiger partial charge in [0.25, 0.3) is 0 Å². The van der Waals surface area contributed by atoms with Crippen LogP contribution in [0.4, 0.5) is 0 Å². The van der Waals surface area contributed by atoms with E-state index in [0.29, 0.717) is 21.5 Å². The Morgan fingerprint density at radius 2 is 2.00 bits per heavy atom. The summed E-state index contributed by atoms with van der Waals surface area (Å²) < 4.78 is 11.0. The van der Waals surface area contributed by atoms with Crippen LogP contribution in [0.25, 0.3) is 0 Å². The topological polar surface area (TPSA) is 56.8 Å². The molecular weight excluding hydrogens is 311 g/mol. The molecule has 0 aliphatic heterocycles. The van der Waals surface area contributed by atoms with Crippen LogP contribution in [0.5, 0.6) is 11.5 Å². The third kappa shape index (κ3) is 3.80. The molecule has 0 radical (unpaired) electrons. The summed E-state index contributed by atoms with van der Waals surface area (Å²) in [6, 6.07) is 10.8. The van der Waals surface area contributed by atoms with E-state index >= 15 is 0 Å². The van der Waals surface area contributed by atoms with Gasteiger partial charge in [0, 0.05) is 5.56 Å². The molecule has 0 spiro atoms. The highest BCUT2D eigenvalue weighted by atomic mass is 35.5. The number of hydrogen-bond donors (Lipinski definition) is 1. The lowest BCUT2D eigenvalue weighted by atomic mass is 10.1. The van der Waals surface area contributed by atoms with Crippen LogP contribution in [-0.4, -0.2) is 13.3 Å². The summed E-state index contributed by atoms with van der Waals surface area (Å²) >= 11 is 12.0. The van der Waals surface area contributed by atoms with E-state index in [-0.39, 0.29) is 6.61 Å². The van der Waals surface area contributed by atoms with Crippen LogP contribution in [0.3, 0.4) is 0 Å². The molecule has 0 aromatic heterocycles. The molecule has 21 heavy (non-hydrogen) atoms. The smallest absolute Gasteiger partial charge is 0.139 e. The van der Waals surface area contributed by atoms with Gasteiger partial charge < -0.3 is 15.3 Å². The zero-order valence-corrected chi connectivity index (χ0v) is 12.9. The van der Waals surface area contributed by atoms with Crippen molar-refractivity contribution in [2.24, 2.45) is 10.9 Å². The normalized spacial score (nSPS) is 10.8. The molecule has 0 fully saturated rings. The first-order valence-corrected chi connectivity index (χ1v) is 6.88. The van der Waals surface area contributed by atoms with Crippen molar-refractivity contribution in [2.75, 3.05) is 7.11 Å². The second-order valence-electron chi connectivity index (χ2n) is 4.19. The van der Waals surface area contributed by atoms with E-state index < -0.39 is 0 Å². The molecule has 0 aliphatic carbocycles. The summed E-state index contributed by atoms with van der Waals surface area (Å²) in [6.07, 6.45) is 1.55. The minimum absolute atomic E-state index is 0.287. The fraction of sp³-hybridized carbons (Fsp3) is 0.133. The lowest BCUT2D eigenvalue weighted by Crippen LogP contribution is -2.00. The number of benzene rings is 2. The van der Waals surface area contributed by atoms with Crippen LogP contribution >= 0.6 is 23.2 Å². The molecule has 0 saturated carbocycles. The third-order valence-corrected chi connectivity index (χ3v) is 3.63. The van der Waals surface area contributed by atoms with Gasteiger partial charge in [-0.05, 0) is 35.9 Å². The minimum Gasteiger partial charge on any atom is -0.496 e. The van der Waals surface area contributed by atoms with E-state index in [1.807, 2.05) is 18.2 Å². The van der Waals surface area contributed by atoms with E-state index in [1.165, 1.54) is 0 Å². The van der Waals surface area contributed by atoms with E-state index in [0.717, 1.165) is 11.1 Å². The molecule has 6 heteroatoms. The maximum Gasteiger partial charge on any atom is 0.139 e. The summed E-state index contributed by atoms with van der Waals surface area (Å²) in [7, 11) is 1.60. The molecule has 0 saturated heterocycles. The van der Waals surface area contributed by atoms with Crippen LogP contribution in [-0.2, 0) is 6.61 Å². The Balaban J connectivity index is 2.22. The van der Waals surface area contributed by atoms with Gasteiger partial charge in [0.2, 0.25) is 0 Å². The van der Waals surface area contributed by atoms with Crippen molar-refractivity contribution >= 4 is 29.4 Å². The number of methoxy groups -OCH3 is 1. The number of hydrogen-bond acceptors (Lipinski definition) is 4. The Morgan fingerprint density at radius 1 is 1.19 bits per heavy atom. The Morgan fingerprint density at radius 3 is 2.71 bits per heavy atom. The Hall–Kier alpha value is -1.91. The maximum atomic E-state index is 6.09. The third-order valence-electron chi connectivity index (χ3n) is 2.83. The average molecular weight is 325 g/mol. The first-order valence-electron chi connectivity index (χ1n) is 6.12. The van der Waals surface area contributed by atoms with Gasteiger partial charge in [-0.15, -0.1) is 0 Å². The zero-order chi connectivity index (χ0) is 15.2. The second-order valence-corrected chi connectivity index (χ2v) is 4.98. The van der Waals surface area contributed by atoms with Gasteiger partial charge in [0.1, 0.15) is 23.1 Å². The Kier molecular flexibility index (Phi) is 5.31. The number of rotatable bonds is 5. The quantitative estimate of drug-likeness (QED) is 0.516. The predicted molar refractivity (Wildman–Crippen MR) is 85.6 cm³/mol. The van der Waals surface area contributed by atoms with Crippen LogP contribution in [0.1, 0.15) is 11.1 Å². The fourth-order valence-corrected chi connectivity index (χ4v) is 2.18. The molecule has 2 aromatic carbocycles. The minimum atomic E-state index is 0.287. The molecule has 0 atom stereocenters. The Bertz CT molecular complexity index is 660. The molecule has 2 aromatic rings. The Labute approximate surface area is 133 Å². The predicted octanol–water partition coefficient (Wildman–Crippen LogP) is 3.87. The van der Waals surface area contributed by atoms with E-state index in [1.54, 1.807) is 31.5 Å². The van der Waals surface area contributed by atoms with Gasteiger partial charge in [-0.2, -0.15) is 5.10 Å². The van der Waals surface area contributed by atoms with Crippen molar-refractivity contribution < 1.29 is 9.47 Å². The highest BCUT2D eigenvalue weighted by Gasteiger charge is 2.09. The van der Waals surface area contributed by atoms with Gasteiger partial charge in [-0.3, -0.25) is 0 Å². The molecule has 0 heterocycles. The number of ether oxygens (including phenoxy) is 2. The molecule has 2 rings (SSSR count). The first-order chi connectivity index (χ1) is 10.2. The van der Waals surface area contributed by atoms with Gasteiger partial charge >= 0.3 is 0 Å². The molecule has 0 amide bonds. The van der Waals surface area contributed by atoms with Crippen LogP contribution in [0.15, 0.2) is 41.5 Å². The largest absolute Gasteiger partial charge is 0.496 e. The summed E-state index contributed by atoms with van der Waals surface area (Å²) in [5.41, 5.74) is 1.71. The zero-order valence-electron chi connectivity index (χ0n) is 11.3. The lowest BCUT2D eigenvalue weighted by Gasteiger charge is -2.12. The van der Waals surface area contributed by atoms with Gasteiger partial charge in [-0.1, -0.05) is 29.3 Å². The fourth-order valence-electron chi connectivity index (χ4n) is 1.83. The highest BCUT2D eigenvalue weighted by Crippen LogP contribution is 2.32. The summed E-state index contributed by atoms with van der Waals surface area (Å²) in [6.45, 7) is 0.287. The summed E-state index contributed by atoms with van der Waals surface area (Å²) in [4.78, 5) is 0. The number of hydrazone groups is 1. The first kappa shape index (κ1) is 15.5. The van der Waals surface area contributed by atoms with Crippen LogP contribution < -0.4 is 15.3 Å². The molecule has 110 valence electrons. The summed E-state index contributed by atoms with van der Waals surface area (Å²) in [5.74, 6) is 6.39. The second kappa shape index (κ2) is 7.20. The molecular formula is C15H14Cl2N2O2. The van der Waals surface area contributed by atoms with Crippen LogP contribution in [0.2, 0.25) is 10.0 Å². The van der Waals surface area contributed by atoms with Crippen molar-refractivity contribution in [3.8, 4) is 11.5 Å². The number of nitrogens with two attached hydrogens (primary N) is 1. The molecule has 4 nitrogen and oxygen atoms in total. The van der Waals surface area contributed by atoms with Crippen molar-refractivity contribution in [1.82, 2.24) is 0 Å². The van der Waals surface area contributed by atoms with Crippen molar-refractivity contribution in [3.63, 3.8) is 0 Å². The monoisotopic (exact) mass is 324 g/mol. The van der Waals surface area contributed by atoms with Gasteiger partial charge in [0.15, 0.2) is 0 Å². The lowest BCUT2D eigenvalue weighted by molar-refractivity contribution is 0.297. The standard InChI is InChI=1S/C15H14Cl2N2O2/c1-20-13-6-5-10(8-19-18)7-11(13)9-21-14-4-2-3-12(16)15(14)17/h2-8H,9,18H2,1H3. The van der Waals surface area contributed by atoms with Crippen molar-refractivity contribution in [1.29, 1.82) is 0 Å². The molecule has 0 aliphatic rings. The SMILES string of the molecule is COc1ccc(C=NN)cc1COc1cccc(Cl)c1Cl. The molecule has 2 N–H and O–H groups in total. The van der Waals surface area contributed by atoms with E-state index in [9.17, 15) is 0 Å². The van der Waals surface area contributed by atoms with E-state index in [2.05, 4.69) is 5.10 Å². The molecule has 0 unspecified atom stereocenters. The van der Waals surface area contributed by atoms with Crippen molar-refractivity contribution in [2.45, 2.75) is 6.61 Å².